The molecule has 0 aliphatic rings. The first kappa shape index (κ1) is 16.6. The van der Waals surface area contributed by atoms with E-state index in [-0.39, 0.29) is 10.6 Å². The third kappa shape index (κ3) is 3.91. The van der Waals surface area contributed by atoms with Crippen LogP contribution in [-0.2, 0) is 0 Å². The van der Waals surface area contributed by atoms with Crippen molar-refractivity contribution in [2.45, 2.75) is 6.92 Å². The molecule has 0 radical (unpaired) electrons. The van der Waals surface area contributed by atoms with Crippen molar-refractivity contribution in [2.75, 3.05) is 5.43 Å². The van der Waals surface area contributed by atoms with Crippen LogP contribution in [0.1, 0.15) is 22.8 Å². The van der Waals surface area contributed by atoms with Gasteiger partial charge < -0.3 is 5.11 Å². The van der Waals surface area contributed by atoms with Gasteiger partial charge in [-0.2, -0.15) is 5.10 Å². The van der Waals surface area contributed by atoms with Gasteiger partial charge in [0.1, 0.15) is 0 Å². The maximum Gasteiger partial charge on any atom is 0.337 e. The molecule has 7 heteroatoms. The molecular weight excluding hydrogens is 347 g/mol. The zero-order chi connectivity index (χ0) is 16.3. The van der Waals surface area contributed by atoms with E-state index in [1.165, 1.54) is 12.1 Å². The van der Waals surface area contributed by atoms with Gasteiger partial charge in [0.2, 0.25) is 0 Å². The number of halogens is 3. The van der Waals surface area contributed by atoms with E-state index in [2.05, 4.69) is 10.5 Å². The molecule has 2 aromatic rings. The lowest BCUT2D eigenvalue weighted by Gasteiger charge is -2.06. The lowest BCUT2D eigenvalue weighted by Crippen LogP contribution is -2.02. The first-order valence-electron chi connectivity index (χ1n) is 6.17. The zero-order valence-corrected chi connectivity index (χ0v) is 13.7. The van der Waals surface area contributed by atoms with Gasteiger partial charge in [-0.25, -0.2) is 4.79 Å². The maximum absolute atomic E-state index is 11.0. The van der Waals surface area contributed by atoms with Crippen molar-refractivity contribution < 1.29 is 9.90 Å². The maximum atomic E-state index is 11.0. The molecule has 4 nitrogen and oxygen atoms in total. The Morgan fingerprint density at radius 1 is 1.05 bits per heavy atom. The number of carboxylic acid groups (broad SMARTS) is 1. The van der Waals surface area contributed by atoms with Crippen LogP contribution in [0.5, 0.6) is 0 Å². The molecule has 0 aliphatic heterocycles. The Morgan fingerprint density at radius 2 is 1.73 bits per heavy atom. The largest absolute Gasteiger partial charge is 0.478 e. The van der Waals surface area contributed by atoms with E-state index in [1.54, 1.807) is 31.2 Å². The van der Waals surface area contributed by atoms with Crippen LogP contribution in [0, 0.1) is 0 Å². The molecule has 0 spiro atoms. The van der Waals surface area contributed by atoms with Crippen molar-refractivity contribution in [3.8, 4) is 0 Å². The molecule has 2 aromatic carbocycles. The summed E-state index contributed by atoms with van der Waals surface area (Å²) in [5.74, 6) is -1.10. The lowest BCUT2D eigenvalue weighted by molar-refractivity contribution is 0.0697. The summed E-state index contributed by atoms with van der Waals surface area (Å²) in [5, 5.41) is 14.3. The van der Waals surface area contributed by atoms with E-state index in [0.717, 1.165) is 5.56 Å². The van der Waals surface area contributed by atoms with E-state index in [4.69, 9.17) is 39.9 Å². The van der Waals surface area contributed by atoms with Crippen LogP contribution in [0.2, 0.25) is 15.1 Å². The highest BCUT2D eigenvalue weighted by Gasteiger charge is 2.09. The molecule has 0 atom stereocenters. The fourth-order valence-corrected chi connectivity index (χ4v) is 2.19. The second-order valence-corrected chi connectivity index (χ2v) is 5.66. The molecule has 0 fully saturated rings. The van der Waals surface area contributed by atoms with Crippen LogP contribution in [0.25, 0.3) is 0 Å². The molecule has 0 aliphatic carbocycles. The summed E-state index contributed by atoms with van der Waals surface area (Å²) in [6.07, 6.45) is 0. The van der Waals surface area contributed by atoms with E-state index in [1.807, 2.05) is 0 Å². The number of nitrogens with one attached hydrogen (secondary N) is 1. The molecule has 2 rings (SSSR count). The standard InChI is InChI=1S/C15H11Cl3N2O2/c1-8(9-2-4-13(17)14(18)6-9)19-20-10-3-5-12(16)11(7-10)15(21)22/h2-7,20H,1H3,(H,21,22)/b19-8+. The Bertz CT molecular complexity index is 760. The third-order valence-electron chi connectivity index (χ3n) is 2.89. The molecule has 0 saturated heterocycles. The molecule has 22 heavy (non-hydrogen) atoms. The van der Waals surface area contributed by atoms with Gasteiger partial charge in [-0.1, -0.05) is 40.9 Å². The first-order chi connectivity index (χ1) is 10.4. The summed E-state index contributed by atoms with van der Waals surface area (Å²) in [6.45, 7) is 1.79. The fourth-order valence-electron chi connectivity index (χ4n) is 1.69. The Balaban J connectivity index is 2.22. The van der Waals surface area contributed by atoms with Gasteiger partial charge in [0.25, 0.3) is 0 Å². The van der Waals surface area contributed by atoms with Gasteiger partial charge in [-0.05, 0) is 42.8 Å². The van der Waals surface area contributed by atoms with Crippen LogP contribution in [0.3, 0.4) is 0 Å². The Kier molecular flexibility index (Phi) is 5.29. The molecular formula is C15H11Cl3N2O2. The summed E-state index contributed by atoms with van der Waals surface area (Å²) in [7, 11) is 0. The van der Waals surface area contributed by atoms with Gasteiger partial charge in [-0.15, -0.1) is 0 Å². The highest BCUT2D eigenvalue weighted by Crippen LogP contribution is 2.23. The number of aromatic carboxylic acids is 1. The molecule has 0 heterocycles. The Labute approximate surface area is 142 Å². The van der Waals surface area contributed by atoms with E-state index >= 15 is 0 Å². The molecule has 114 valence electrons. The molecule has 0 aromatic heterocycles. The lowest BCUT2D eigenvalue weighted by atomic mass is 10.1. The van der Waals surface area contributed by atoms with Crippen molar-refractivity contribution >= 4 is 52.2 Å². The summed E-state index contributed by atoms with van der Waals surface area (Å²) >= 11 is 17.6. The van der Waals surface area contributed by atoms with E-state index in [9.17, 15) is 4.79 Å². The van der Waals surface area contributed by atoms with Crippen LogP contribution < -0.4 is 5.43 Å². The fraction of sp³-hybridized carbons (Fsp3) is 0.0667. The van der Waals surface area contributed by atoms with Gasteiger partial charge >= 0.3 is 5.97 Å². The number of rotatable bonds is 4. The number of hydrazone groups is 1. The number of carboxylic acids is 1. The van der Waals surface area contributed by atoms with Crippen LogP contribution >= 0.6 is 34.8 Å². The highest BCUT2D eigenvalue weighted by molar-refractivity contribution is 6.42. The Morgan fingerprint density at radius 3 is 2.36 bits per heavy atom. The number of carbonyl (C=O) groups is 1. The predicted molar refractivity (Wildman–Crippen MR) is 90.7 cm³/mol. The van der Waals surface area contributed by atoms with Gasteiger partial charge in [0.05, 0.1) is 32.0 Å². The zero-order valence-electron chi connectivity index (χ0n) is 11.4. The second kappa shape index (κ2) is 7.01. The molecule has 0 bridgehead atoms. The quantitative estimate of drug-likeness (QED) is 0.585. The summed E-state index contributed by atoms with van der Waals surface area (Å²) in [6, 6.07) is 9.73. The van der Waals surface area contributed by atoms with Crippen LogP contribution in [0.15, 0.2) is 41.5 Å². The van der Waals surface area contributed by atoms with Gasteiger partial charge in [0, 0.05) is 0 Å². The smallest absolute Gasteiger partial charge is 0.337 e. The van der Waals surface area contributed by atoms with E-state index < -0.39 is 5.97 Å². The number of benzene rings is 2. The topological polar surface area (TPSA) is 61.7 Å². The predicted octanol–water partition coefficient (Wildman–Crippen LogP) is 5.18. The minimum absolute atomic E-state index is 0.00839. The average molecular weight is 358 g/mol. The monoisotopic (exact) mass is 356 g/mol. The van der Waals surface area contributed by atoms with Crippen molar-refractivity contribution in [2.24, 2.45) is 5.10 Å². The molecule has 0 amide bonds. The van der Waals surface area contributed by atoms with Crippen molar-refractivity contribution in [3.05, 3.63) is 62.6 Å². The second-order valence-electron chi connectivity index (χ2n) is 4.44. The van der Waals surface area contributed by atoms with Crippen molar-refractivity contribution in [1.82, 2.24) is 0 Å². The summed E-state index contributed by atoms with van der Waals surface area (Å²) < 4.78 is 0. The molecule has 2 N–H and O–H groups in total. The van der Waals surface area contributed by atoms with Gasteiger partial charge in [-0.3, -0.25) is 5.43 Å². The SMILES string of the molecule is C/C(=N\Nc1ccc(Cl)c(C(=O)O)c1)c1ccc(Cl)c(Cl)c1. The summed E-state index contributed by atoms with van der Waals surface area (Å²) in [4.78, 5) is 11.0. The highest BCUT2D eigenvalue weighted by atomic mass is 35.5. The van der Waals surface area contributed by atoms with Gasteiger partial charge in [0.15, 0.2) is 0 Å². The molecule has 0 unspecified atom stereocenters. The number of anilines is 1. The third-order valence-corrected chi connectivity index (χ3v) is 3.96. The van der Waals surface area contributed by atoms with E-state index in [0.29, 0.717) is 21.4 Å². The first-order valence-corrected chi connectivity index (χ1v) is 7.30. The van der Waals surface area contributed by atoms with Crippen LogP contribution in [-0.4, -0.2) is 16.8 Å². The normalized spacial score (nSPS) is 11.4. The minimum atomic E-state index is -1.10. The average Bonchev–Trinajstić information content (AvgIpc) is 2.48. The number of hydrogen-bond donors (Lipinski definition) is 2. The molecule has 0 saturated carbocycles. The number of hydrogen-bond acceptors (Lipinski definition) is 3. The van der Waals surface area contributed by atoms with Crippen molar-refractivity contribution in [1.29, 1.82) is 0 Å². The van der Waals surface area contributed by atoms with Crippen LogP contribution in [0.4, 0.5) is 5.69 Å². The van der Waals surface area contributed by atoms with Crippen molar-refractivity contribution in [3.63, 3.8) is 0 Å². The minimum Gasteiger partial charge on any atom is -0.478 e. The number of nitrogens with zero attached hydrogens (tertiary/aromatic N) is 1. The summed E-state index contributed by atoms with van der Waals surface area (Å²) in [5.41, 5.74) is 4.78. The Hall–Kier alpha value is -1.75.